The van der Waals surface area contributed by atoms with Crippen LogP contribution in [0.3, 0.4) is 0 Å². The highest BCUT2D eigenvalue weighted by molar-refractivity contribution is 7.92. The molecule has 1 unspecified atom stereocenters. The lowest BCUT2D eigenvalue weighted by Crippen LogP contribution is -2.16. The van der Waals surface area contributed by atoms with E-state index in [1.54, 1.807) is 30.3 Å². The Hall–Kier alpha value is -2.42. The van der Waals surface area contributed by atoms with Crippen LogP contribution in [0.25, 0.3) is 11.4 Å². The molecule has 0 saturated carbocycles. The fourth-order valence-electron chi connectivity index (χ4n) is 3.84. The largest absolute Gasteiger partial charge is 0.379 e. The lowest BCUT2D eigenvalue weighted by molar-refractivity contribution is 0.186. The van der Waals surface area contributed by atoms with Crippen LogP contribution in [0.2, 0.25) is 5.02 Å². The van der Waals surface area contributed by atoms with Gasteiger partial charge in [-0.3, -0.25) is 4.72 Å². The number of hydrogen-bond donors (Lipinski definition) is 1. The van der Waals surface area contributed by atoms with E-state index in [9.17, 15) is 8.42 Å². The Morgan fingerprint density at radius 3 is 2.47 bits per heavy atom. The van der Waals surface area contributed by atoms with Crippen LogP contribution < -0.4 is 4.72 Å². The zero-order chi connectivity index (χ0) is 23.1. The second-order valence-electron chi connectivity index (χ2n) is 9.03. The molecule has 0 aliphatic carbocycles. The van der Waals surface area contributed by atoms with Crippen molar-refractivity contribution >= 4 is 27.3 Å². The fourth-order valence-corrected chi connectivity index (χ4v) is 5.10. The third-order valence-corrected chi connectivity index (χ3v) is 7.25. The number of aryl methyl sites for hydroxylation is 1. The number of rotatable bonds is 5. The molecule has 7 nitrogen and oxygen atoms in total. The number of halogens is 1. The van der Waals surface area contributed by atoms with Crippen LogP contribution in [0.15, 0.2) is 47.4 Å². The van der Waals surface area contributed by atoms with Crippen molar-refractivity contribution < 1.29 is 13.2 Å². The first-order chi connectivity index (χ1) is 15.1. The van der Waals surface area contributed by atoms with Crippen LogP contribution in [-0.2, 0) is 20.2 Å². The van der Waals surface area contributed by atoms with Crippen molar-refractivity contribution in [3.8, 4) is 11.4 Å². The molecular weight excluding hydrogens is 448 g/mol. The average molecular weight is 475 g/mol. The van der Waals surface area contributed by atoms with E-state index < -0.39 is 10.0 Å². The van der Waals surface area contributed by atoms with Crippen molar-refractivity contribution in [2.24, 2.45) is 0 Å². The number of anilines is 1. The van der Waals surface area contributed by atoms with E-state index >= 15 is 0 Å². The summed E-state index contributed by atoms with van der Waals surface area (Å²) >= 11 is 6.27. The van der Waals surface area contributed by atoms with E-state index in [1.807, 2.05) is 23.6 Å². The first kappa shape index (κ1) is 22.8. The Morgan fingerprint density at radius 1 is 1.12 bits per heavy atom. The first-order valence-electron chi connectivity index (χ1n) is 10.5. The Morgan fingerprint density at radius 2 is 1.84 bits per heavy atom. The van der Waals surface area contributed by atoms with Crippen LogP contribution in [0.1, 0.15) is 44.6 Å². The Balaban J connectivity index is 1.72. The molecule has 1 aliphatic heterocycles. The molecule has 3 aromatic rings. The molecule has 32 heavy (non-hydrogen) atoms. The topological polar surface area (TPSA) is 86.1 Å². The van der Waals surface area contributed by atoms with Crippen molar-refractivity contribution in [1.82, 2.24) is 14.8 Å². The van der Waals surface area contributed by atoms with Crippen molar-refractivity contribution in [3.05, 3.63) is 58.9 Å². The molecule has 0 amide bonds. The van der Waals surface area contributed by atoms with E-state index in [4.69, 9.17) is 16.3 Å². The molecule has 9 heteroatoms. The molecular formula is C23H27ClN4O3S. The zero-order valence-corrected chi connectivity index (χ0v) is 20.2. The van der Waals surface area contributed by atoms with Crippen LogP contribution in [-0.4, -0.2) is 36.4 Å². The number of sulfonamides is 1. The molecule has 0 bridgehead atoms. The highest BCUT2D eigenvalue weighted by Gasteiger charge is 2.26. The van der Waals surface area contributed by atoms with E-state index in [-0.39, 0.29) is 16.4 Å². The summed E-state index contributed by atoms with van der Waals surface area (Å²) in [5.74, 6) is 1.29. The van der Waals surface area contributed by atoms with Crippen LogP contribution in [0.4, 0.5) is 5.69 Å². The van der Waals surface area contributed by atoms with Gasteiger partial charge in [0.15, 0.2) is 5.82 Å². The zero-order valence-electron chi connectivity index (χ0n) is 18.6. The highest BCUT2D eigenvalue weighted by atomic mass is 35.5. The Kier molecular flexibility index (Phi) is 6.04. The minimum Gasteiger partial charge on any atom is -0.379 e. The van der Waals surface area contributed by atoms with Crippen molar-refractivity contribution in [3.63, 3.8) is 0 Å². The Labute approximate surface area is 193 Å². The average Bonchev–Trinajstić information content (AvgIpc) is 3.38. The first-order valence-corrected chi connectivity index (χ1v) is 12.3. The van der Waals surface area contributed by atoms with Gasteiger partial charge in [0.25, 0.3) is 10.0 Å². The molecule has 0 radical (unpaired) electrons. The Bertz CT molecular complexity index is 1230. The lowest BCUT2D eigenvalue weighted by Gasteiger charge is -2.20. The number of aromatic nitrogens is 3. The maximum Gasteiger partial charge on any atom is 0.261 e. The summed E-state index contributed by atoms with van der Waals surface area (Å²) in [5.41, 5.74) is 1.96. The van der Waals surface area contributed by atoms with Crippen molar-refractivity contribution in [2.45, 2.75) is 50.5 Å². The van der Waals surface area contributed by atoms with Gasteiger partial charge in [-0.25, -0.2) is 8.42 Å². The number of nitrogens with zero attached hydrogens (tertiary/aromatic N) is 3. The van der Waals surface area contributed by atoms with Gasteiger partial charge in [0.1, 0.15) is 5.82 Å². The van der Waals surface area contributed by atoms with E-state index in [2.05, 4.69) is 35.7 Å². The van der Waals surface area contributed by atoms with Gasteiger partial charge in [0, 0.05) is 17.2 Å². The summed E-state index contributed by atoms with van der Waals surface area (Å²) in [7, 11) is -3.82. The van der Waals surface area contributed by atoms with Crippen molar-refractivity contribution in [2.75, 3.05) is 17.9 Å². The smallest absolute Gasteiger partial charge is 0.261 e. The molecule has 1 aliphatic rings. The summed E-state index contributed by atoms with van der Waals surface area (Å²) in [6.07, 6.45) is 0.841. The molecule has 1 saturated heterocycles. The normalized spacial score (nSPS) is 17.0. The van der Waals surface area contributed by atoms with E-state index in [0.717, 1.165) is 17.8 Å². The number of benzene rings is 2. The number of hydrogen-bond acceptors (Lipinski definition) is 5. The molecule has 1 N–H and O–H groups in total. The molecule has 1 aromatic heterocycles. The number of nitrogens with one attached hydrogen (secondary N) is 1. The van der Waals surface area contributed by atoms with E-state index in [1.165, 1.54) is 0 Å². The molecule has 170 valence electrons. The van der Waals surface area contributed by atoms with E-state index in [0.29, 0.717) is 35.3 Å². The second-order valence-corrected chi connectivity index (χ2v) is 11.1. The van der Waals surface area contributed by atoms with Gasteiger partial charge in [0.2, 0.25) is 0 Å². The highest BCUT2D eigenvalue weighted by Crippen LogP contribution is 2.35. The van der Waals surface area contributed by atoms with Gasteiger partial charge in [-0.05, 0) is 54.7 Å². The minimum atomic E-state index is -3.82. The SMILES string of the molecule is Cc1nnc(-c2cc(Cl)ccc2NS(=O)(=O)c2ccc(C(C)(C)C)cc2)n1C1CCOC1. The summed E-state index contributed by atoms with van der Waals surface area (Å²) in [6.45, 7) is 9.36. The van der Waals surface area contributed by atoms with Gasteiger partial charge >= 0.3 is 0 Å². The predicted molar refractivity (Wildman–Crippen MR) is 126 cm³/mol. The molecule has 1 fully saturated rings. The summed E-state index contributed by atoms with van der Waals surface area (Å²) in [5, 5.41) is 9.05. The maximum absolute atomic E-state index is 13.2. The molecule has 1 atom stereocenters. The van der Waals surface area contributed by atoms with Gasteiger partial charge in [-0.1, -0.05) is 44.5 Å². The summed E-state index contributed by atoms with van der Waals surface area (Å²) < 4.78 is 36.6. The third kappa shape index (κ3) is 4.53. The molecule has 2 heterocycles. The number of ether oxygens (including phenoxy) is 1. The second kappa shape index (κ2) is 8.50. The lowest BCUT2D eigenvalue weighted by atomic mass is 9.87. The van der Waals surface area contributed by atoms with Gasteiger partial charge < -0.3 is 9.30 Å². The standard InChI is InChI=1S/C23H27ClN4O3S/c1-15-25-26-22(28(15)18-11-12-31-14-18)20-13-17(24)7-10-21(20)27-32(29,30)19-8-5-16(6-9-19)23(2,3)4/h5-10,13,18,27H,11-12,14H2,1-4H3. The molecule has 4 rings (SSSR count). The molecule has 0 spiro atoms. The van der Waals surface area contributed by atoms with Crippen LogP contribution >= 0.6 is 11.6 Å². The quantitative estimate of drug-likeness (QED) is 0.564. The van der Waals surface area contributed by atoms with Crippen LogP contribution in [0, 0.1) is 6.92 Å². The molecule has 2 aromatic carbocycles. The monoisotopic (exact) mass is 474 g/mol. The van der Waals surface area contributed by atoms with Gasteiger partial charge in [-0.15, -0.1) is 10.2 Å². The minimum absolute atomic E-state index is 0.0645. The maximum atomic E-state index is 13.2. The summed E-state index contributed by atoms with van der Waals surface area (Å²) in [4.78, 5) is 0.188. The summed E-state index contributed by atoms with van der Waals surface area (Å²) in [6, 6.07) is 12.0. The third-order valence-electron chi connectivity index (χ3n) is 5.63. The van der Waals surface area contributed by atoms with Gasteiger partial charge in [0.05, 0.1) is 23.2 Å². The fraction of sp³-hybridized carbons (Fsp3) is 0.391. The van der Waals surface area contributed by atoms with Gasteiger partial charge in [-0.2, -0.15) is 0 Å². The van der Waals surface area contributed by atoms with Crippen molar-refractivity contribution in [1.29, 1.82) is 0 Å². The van der Waals surface area contributed by atoms with Crippen LogP contribution in [0.5, 0.6) is 0 Å². The predicted octanol–water partition coefficient (Wildman–Crippen LogP) is 4.97.